The van der Waals surface area contributed by atoms with Crippen molar-refractivity contribution in [3.05, 3.63) is 108 Å². The number of nitrogens with one attached hydrogen (secondary N) is 1. The average Bonchev–Trinajstić information content (AvgIpc) is 3.30. The van der Waals surface area contributed by atoms with E-state index in [1.807, 2.05) is 74.5 Å². The molecule has 2 aromatic carbocycles. The van der Waals surface area contributed by atoms with Crippen LogP contribution in [-0.2, 0) is 6.61 Å². The van der Waals surface area contributed by atoms with Crippen molar-refractivity contribution in [1.82, 2.24) is 14.6 Å². The normalized spacial score (nSPS) is 10.9. The summed E-state index contributed by atoms with van der Waals surface area (Å²) in [6, 6.07) is 21.2. The minimum absolute atomic E-state index is 0.271. The van der Waals surface area contributed by atoms with E-state index in [1.165, 1.54) is 0 Å². The van der Waals surface area contributed by atoms with Crippen molar-refractivity contribution in [3.8, 4) is 11.6 Å². The Labute approximate surface area is 219 Å². The zero-order valence-corrected chi connectivity index (χ0v) is 21.6. The van der Waals surface area contributed by atoms with Crippen LogP contribution in [0.2, 0.25) is 0 Å². The number of rotatable bonds is 8. The van der Waals surface area contributed by atoms with Crippen LogP contribution < -0.4 is 14.8 Å². The minimum Gasteiger partial charge on any atom is -0.497 e. The lowest BCUT2D eigenvalue weighted by Crippen LogP contribution is -2.14. The SMILES string of the molecule is COc1ccc(COc2nn3ccccc3c2C(=O)Nc2cc(C)c(Sc3ccncc3)cc2C)cc1. The highest BCUT2D eigenvalue weighted by Crippen LogP contribution is 2.34. The second-order valence-electron chi connectivity index (χ2n) is 8.52. The van der Waals surface area contributed by atoms with Crippen molar-refractivity contribution < 1.29 is 14.3 Å². The number of ether oxygens (including phenoxy) is 2. The number of carbonyl (C=O) groups is 1. The highest BCUT2D eigenvalue weighted by Gasteiger charge is 2.22. The molecule has 0 radical (unpaired) electrons. The topological polar surface area (TPSA) is 77.8 Å². The quantitative estimate of drug-likeness (QED) is 0.263. The molecular weight excluding hydrogens is 484 g/mol. The van der Waals surface area contributed by atoms with E-state index >= 15 is 0 Å². The summed E-state index contributed by atoms with van der Waals surface area (Å²) < 4.78 is 12.9. The van der Waals surface area contributed by atoms with Crippen LogP contribution in [0.5, 0.6) is 11.6 Å². The zero-order chi connectivity index (χ0) is 25.8. The second kappa shape index (κ2) is 10.8. The highest BCUT2D eigenvalue weighted by atomic mass is 32.2. The van der Waals surface area contributed by atoms with Gasteiger partial charge in [-0.05, 0) is 79.1 Å². The molecule has 0 unspecified atom stereocenters. The zero-order valence-electron chi connectivity index (χ0n) is 20.8. The Bertz CT molecular complexity index is 1550. The number of aromatic nitrogens is 3. The number of methoxy groups -OCH3 is 1. The van der Waals surface area contributed by atoms with Crippen molar-refractivity contribution in [1.29, 1.82) is 0 Å². The molecule has 0 saturated heterocycles. The van der Waals surface area contributed by atoms with E-state index in [9.17, 15) is 4.79 Å². The fourth-order valence-corrected chi connectivity index (χ4v) is 4.88. The molecule has 8 heteroatoms. The summed E-state index contributed by atoms with van der Waals surface area (Å²) in [7, 11) is 1.63. The van der Waals surface area contributed by atoms with E-state index in [-0.39, 0.29) is 18.4 Å². The van der Waals surface area contributed by atoms with Gasteiger partial charge in [0.2, 0.25) is 5.88 Å². The third kappa shape index (κ3) is 5.44. The predicted molar refractivity (Wildman–Crippen MR) is 145 cm³/mol. The third-order valence-electron chi connectivity index (χ3n) is 5.92. The highest BCUT2D eigenvalue weighted by molar-refractivity contribution is 7.99. The average molecular weight is 511 g/mol. The number of benzene rings is 2. The maximum absolute atomic E-state index is 13.6. The molecule has 0 atom stereocenters. The molecule has 186 valence electrons. The molecule has 0 fully saturated rings. The van der Waals surface area contributed by atoms with Gasteiger partial charge in [-0.2, -0.15) is 0 Å². The molecule has 5 aromatic rings. The van der Waals surface area contributed by atoms with Gasteiger partial charge < -0.3 is 14.8 Å². The first-order valence-corrected chi connectivity index (χ1v) is 12.6. The Morgan fingerprint density at radius 3 is 2.54 bits per heavy atom. The summed E-state index contributed by atoms with van der Waals surface area (Å²) in [6.07, 6.45) is 5.36. The lowest BCUT2D eigenvalue weighted by Gasteiger charge is -2.13. The van der Waals surface area contributed by atoms with Gasteiger partial charge in [0.1, 0.15) is 17.9 Å². The number of aryl methyl sites for hydroxylation is 2. The van der Waals surface area contributed by atoms with Crippen molar-refractivity contribution in [2.45, 2.75) is 30.2 Å². The van der Waals surface area contributed by atoms with Crippen LogP contribution in [0.3, 0.4) is 0 Å². The first-order chi connectivity index (χ1) is 18.0. The molecule has 5 rings (SSSR count). The summed E-state index contributed by atoms with van der Waals surface area (Å²) in [4.78, 5) is 19.9. The monoisotopic (exact) mass is 510 g/mol. The maximum atomic E-state index is 13.6. The van der Waals surface area contributed by atoms with Crippen LogP contribution in [0.4, 0.5) is 5.69 Å². The van der Waals surface area contributed by atoms with Gasteiger partial charge in [0.05, 0.1) is 12.6 Å². The van der Waals surface area contributed by atoms with Gasteiger partial charge in [0, 0.05) is 34.1 Å². The summed E-state index contributed by atoms with van der Waals surface area (Å²) >= 11 is 1.67. The fraction of sp³-hybridized carbons (Fsp3) is 0.138. The summed E-state index contributed by atoms with van der Waals surface area (Å²) in [5, 5.41) is 7.61. The molecule has 3 heterocycles. The number of hydrogen-bond donors (Lipinski definition) is 1. The van der Waals surface area contributed by atoms with Gasteiger partial charge in [0.25, 0.3) is 5.91 Å². The molecule has 7 nitrogen and oxygen atoms in total. The number of nitrogens with zero attached hydrogens (tertiary/aromatic N) is 3. The molecule has 0 aliphatic carbocycles. The van der Waals surface area contributed by atoms with Crippen molar-refractivity contribution in [3.63, 3.8) is 0 Å². The molecule has 3 aromatic heterocycles. The van der Waals surface area contributed by atoms with Gasteiger partial charge in [0.15, 0.2) is 0 Å². The smallest absolute Gasteiger partial charge is 0.263 e. The van der Waals surface area contributed by atoms with Gasteiger partial charge in [-0.3, -0.25) is 9.78 Å². The Morgan fingerprint density at radius 1 is 1.00 bits per heavy atom. The largest absolute Gasteiger partial charge is 0.497 e. The first-order valence-electron chi connectivity index (χ1n) is 11.8. The minimum atomic E-state index is -0.275. The van der Waals surface area contributed by atoms with E-state index in [4.69, 9.17) is 9.47 Å². The summed E-state index contributed by atoms with van der Waals surface area (Å²) in [5.41, 5.74) is 4.78. The van der Waals surface area contributed by atoms with E-state index < -0.39 is 0 Å². The van der Waals surface area contributed by atoms with Crippen molar-refractivity contribution in [2.24, 2.45) is 0 Å². The molecule has 0 aliphatic rings. The predicted octanol–water partition coefficient (Wildman–Crippen LogP) is 6.34. The number of amides is 1. The van der Waals surface area contributed by atoms with Crippen LogP contribution in [0, 0.1) is 13.8 Å². The van der Waals surface area contributed by atoms with E-state index in [0.29, 0.717) is 11.1 Å². The molecule has 0 spiro atoms. The van der Waals surface area contributed by atoms with E-state index in [1.54, 1.807) is 42.0 Å². The fourth-order valence-electron chi connectivity index (χ4n) is 3.92. The molecular formula is C29H26N4O3S. The van der Waals surface area contributed by atoms with Gasteiger partial charge in [-0.15, -0.1) is 5.10 Å². The number of pyridine rings is 2. The number of hydrogen-bond acceptors (Lipinski definition) is 6. The van der Waals surface area contributed by atoms with Crippen LogP contribution in [0.25, 0.3) is 5.52 Å². The first kappa shape index (κ1) is 24.4. The number of carbonyl (C=O) groups excluding carboxylic acids is 1. The van der Waals surface area contributed by atoms with Crippen LogP contribution in [0.15, 0.2) is 95.1 Å². The van der Waals surface area contributed by atoms with Crippen LogP contribution in [-0.4, -0.2) is 27.6 Å². The Kier molecular flexibility index (Phi) is 7.09. The Morgan fingerprint density at radius 2 is 1.78 bits per heavy atom. The third-order valence-corrected chi connectivity index (χ3v) is 7.08. The molecule has 0 bridgehead atoms. The molecule has 1 amide bonds. The van der Waals surface area contributed by atoms with E-state index in [2.05, 4.69) is 21.5 Å². The van der Waals surface area contributed by atoms with Gasteiger partial charge in [-0.25, -0.2) is 4.52 Å². The Hall–Kier alpha value is -4.30. The van der Waals surface area contributed by atoms with Crippen LogP contribution in [0.1, 0.15) is 27.0 Å². The molecule has 1 N–H and O–H groups in total. The summed E-state index contributed by atoms with van der Waals surface area (Å²) in [5.74, 6) is 0.772. The van der Waals surface area contributed by atoms with Gasteiger partial charge in [-0.1, -0.05) is 30.0 Å². The standard InChI is InChI=1S/C29H26N4O3S/c1-19-17-26(37-23-11-13-30-14-12-23)20(2)16-24(19)31-28(34)27-25-6-4-5-15-33(25)32-29(27)36-18-21-7-9-22(35-3)10-8-21/h4-17H,18H2,1-3H3,(H,31,34). The van der Waals surface area contributed by atoms with E-state index in [0.717, 1.165) is 37.9 Å². The Balaban J connectivity index is 1.39. The molecule has 37 heavy (non-hydrogen) atoms. The maximum Gasteiger partial charge on any atom is 0.263 e. The lowest BCUT2D eigenvalue weighted by atomic mass is 10.1. The number of anilines is 1. The van der Waals surface area contributed by atoms with Crippen molar-refractivity contribution >= 4 is 28.9 Å². The molecule has 0 aliphatic heterocycles. The summed E-state index contributed by atoms with van der Waals surface area (Å²) in [6.45, 7) is 4.30. The van der Waals surface area contributed by atoms with Gasteiger partial charge >= 0.3 is 0 Å². The number of fused-ring (bicyclic) bond motifs is 1. The van der Waals surface area contributed by atoms with Crippen LogP contribution >= 0.6 is 11.8 Å². The lowest BCUT2D eigenvalue weighted by molar-refractivity contribution is 0.102. The molecule has 0 saturated carbocycles. The second-order valence-corrected chi connectivity index (χ2v) is 9.63. The van der Waals surface area contributed by atoms with Crippen molar-refractivity contribution in [2.75, 3.05) is 12.4 Å².